The van der Waals surface area contributed by atoms with Gasteiger partial charge in [-0.15, -0.1) is 10.2 Å². The Labute approximate surface area is 168 Å². The molecule has 0 saturated carbocycles. The molecule has 1 amide bonds. The lowest BCUT2D eigenvalue weighted by molar-refractivity contribution is -0.122. The third-order valence-corrected chi connectivity index (χ3v) is 4.77. The molecule has 0 unspecified atom stereocenters. The van der Waals surface area contributed by atoms with Gasteiger partial charge in [0.1, 0.15) is 6.54 Å². The first-order chi connectivity index (χ1) is 14.1. The van der Waals surface area contributed by atoms with Gasteiger partial charge in [0.25, 0.3) is 0 Å². The van der Waals surface area contributed by atoms with E-state index in [1.807, 2.05) is 67.7 Å². The van der Waals surface area contributed by atoms with Crippen LogP contribution in [0.2, 0.25) is 0 Å². The number of aromatic amines is 1. The van der Waals surface area contributed by atoms with E-state index in [-0.39, 0.29) is 12.5 Å². The number of carbonyl (C=O) groups is 1. The summed E-state index contributed by atoms with van der Waals surface area (Å²) in [6.45, 7) is 0.588. The molecule has 0 fully saturated rings. The number of amides is 1. The maximum atomic E-state index is 12.2. The molecule has 8 nitrogen and oxygen atoms in total. The number of fused-ring (bicyclic) bond motifs is 1. The van der Waals surface area contributed by atoms with Crippen molar-refractivity contribution in [1.29, 1.82) is 0 Å². The topological polar surface area (TPSA) is 91.7 Å². The number of rotatable bonds is 7. The lowest BCUT2D eigenvalue weighted by Crippen LogP contribution is -2.30. The Hall–Kier alpha value is -3.68. The number of hydrogen-bond donors (Lipinski definition) is 2. The number of aromatic nitrogens is 5. The van der Waals surface area contributed by atoms with Crippen molar-refractivity contribution in [2.24, 2.45) is 0 Å². The van der Waals surface area contributed by atoms with Crippen LogP contribution in [0.1, 0.15) is 5.56 Å². The molecule has 2 N–H and O–H groups in total. The molecule has 0 aliphatic rings. The number of nitrogens with zero attached hydrogens (tertiary/aromatic N) is 5. The van der Waals surface area contributed by atoms with E-state index in [0.29, 0.717) is 12.4 Å². The SMILES string of the molecule is CN(C)c1ccc(-c2nnn(CC(=O)NCCc3c[nH]c4ccccc34)n2)cc1. The van der Waals surface area contributed by atoms with Crippen molar-refractivity contribution < 1.29 is 4.79 Å². The van der Waals surface area contributed by atoms with Crippen molar-refractivity contribution in [2.45, 2.75) is 13.0 Å². The third-order valence-electron chi connectivity index (χ3n) is 4.77. The van der Waals surface area contributed by atoms with E-state index in [9.17, 15) is 4.79 Å². The molecule has 0 bridgehead atoms. The van der Waals surface area contributed by atoms with Gasteiger partial charge in [0.2, 0.25) is 11.7 Å². The van der Waals surface area contributed by atoms with E-state index >= 15 is 0 Å². The molecule has 8 heteroatoms. The normalized spacial score (nSPS) is 11.0. The summed E-state index contributed by atoms with van der Waals surface area (Å²) < 4.78 is 0. The Morgan fingerprint density at radius 2 is 1.93 bits per heavy atom. The quantitative estimate of drug-likeness (QED) is 0.506. The van der Waals surface area contributed by atoms with Gasteiger partial charge in [-0.3, -0.25) is 4.79 Å². The van der Waals surface area contributed by atoms with Gasteiger partial charge in [0.15, 0.2) is 0 Å². The summed E-state index contributed by atoms with van der Waals surface area (Å²) in [4.78, 5) is 18.8. The van der Waals surface area contributed by atoms with Gasteiger partial charge in [-0.2, -0.15) is 4.80 Å². The van der Waals surface area contributed by atoms with Crippen LogP contribution in [0, 0.1) is 0 Å². The highest BCUT2D eigenvalue weighted by molar-refractivity contribution is 5.83. The highest BCUT2D eigenvalue weighted by Crippen LogP contribution is 2.19. The predicted octanol–water partition coefficient (Wildman–Crippen LogP) is 2.25. The minimum Gasteiger partial charge on any atom is -0.378 e. The van der Waals surface area contributed by atoms with Crippen molar-refractivity contribution >= 4 is 22.5 Å². The van der Waals surface area contributed by atoms with Gasteiger partial charge in [-0.05, 0) is 47.5 Å². The molecule has 0 atom stereocenters. The van der Waals surface area contributed by atoms with Crippen LogP contribution in [0.25, 0.3) is 22.3 Å². The Balaban J connectivity index is 1.31. The first kappa shape index (κ1) is 18.7. The first-order valence-electron chi connectivity index (χ1n) is 9.47. The molecule has 0 aliphatic heterocycles. The summed E-state index contributed by atoms with van der Waals surface area (Å²) >= 11 is 0. The molecule has 2 aromatic carbocycles. The third kappa shape index (κ3) is 4.26. The summed E-state index contributed by atoms with van der Waals surface area (Å²) in [7, 11) is 3.97. The zero-order valence-corrected chi connectivity index (χ0v) is 16.5. The highest BCUT2D eigenvalue weighted by atomic mass is 16.2. The number of nitrogens with one attached hydrogen (secondary N) is 2. The van der Waals surface area contributed by atoms with E-state index in [1.165, 1.54) is 15.7 Å². The zero-order chi connectivity index (χ0) is 20.2. The average molecular weight is 389 g/mol. The summed E-state index contributed by atoms with van der Waals surface area (Å²) in [5.41, 5.74) is 4.24. The van der Waals surface area contributed by atoms with Crippen molar-refractivity contribution in [3.63, 3.8) is 0 Å². The van der Waals surface area contributed by atoms with Crippen LogP contribution in [0.4, 0.5) is 5.69 Å². The second-order valence-electron chi connectivity index (χ2n) is 7.04. The first-order valence-corrected chi connectivity index (χ1v) is 9.47. The molecule has 0 spiro atoms. The van der Waals surface area contributed by atoms with Crippen LogP contribution in [0.5, 0.6) is 0 Å². The largest absolute Gasteiger partial charge is 0.378 e. The highest BCUT2D eigenvalue weighted by Gasteiger charge is 2.10. The monoisotopic (exact) mass is 389 g/mol. The molecule has 0 aliphatic carbocycles. The standard InChI is InChI=1S/C21H23N7O/c1-27(2)17-9-7-15(8-10-17)21-24-26-28(25-21)14-20(29)22-12-11-16-13-23-19-6-4-3-5-18(16)19/h3-10,13,23H,11-12,14H2,1-2H3,(H,22,29). The number of para-hydroxylation sites is 1. The van der Waals surface area contributed by atoms with Gasteiger partial charge in [-0.25, -0.2) is 0 Å². The van der Waals surface area contributed by atoms with Crippen LogP contribution in [-0.4, -0.2) is 51.7 Å². The summed E-state index contributed by atoms with van der Waals surface area (Å²) in [5.74, 6) is 0.360. The smallest absolute Gasteiger partial charge is 0.243 e. The van der Waals surface area contributed by atoms with Gasteiger partial charge < -0.3 is 15.2 Å². The summed E-state index contributed by atoms with van der Waals surface area (Å²) in [6, 6.07) is 16.0. The second kappa shape index (κ2) is 8.14. The van der Waals surface area contributed by atoms with Crippen molar-refractivity contribution in [1.82, 2.24) is 30.5 Å². The predicted molar refractivity (Wildman–Crippen MR) is 113 cm³/mol. The van der Waals surface area contributed by atoms with Crippen LogP contribution in [0.3, 0.4) is 0 Å². The number of hydrogen-bond acceptors (Lipinski definition) is 5. The maximum Gasteiger partial charge on any atom is 0.243 e. The molecule has 2 aromatic heterocycles. The molecule has 2 heterocycles. The lowest BCUT2D eigenvalue weighted by atomic mass is 10.1. The second-order valence-corrected chi connectivity index (χ2v) is 7.04. The van der Waals surface area contributed by atoms with E-state index in [4.69, 9.17) is 0 Å². The Kier molecular flexibility index (Phi) is 5.24. The van der Waals surface area contributed by atoms with Crippen molar-refractivity contribution in [3.8, 4) is 11.4 Å². The molecular formula is C21H23N7O. The lowest BCUT2D eigenvalue weighted by Gasteiger charge is -2.11. The fraction of sp³-hybridized carbons (Fsp3) is 0.238. The number of carbonyl (C=O) groups excluding carboxylic acids is 1. The van der Waals surface area contributed by atoms with E-state index in [1.54, 1.807) is 0 Å². The minimum absolute atomic E-state index is 0.0384. The maximum absolute atomic E-state index is 12.2. The van der Waals surface area contributed by atoms with Gasteiger partial charge in [0, 0.05) is 49.0 Å². The summed E-state index contributed by atoms with van der Waals surface area (Å²) in [6.07, 6.45) is 2.74. The van der Waals surface area contributed by atoms with Crippen molar-refractivity contribution in [3.05, 3.63) is 60.3 Å². The van der Waals surface area contributed by atoms with E-state index < -0.39 is 0 Å². The number of benzene rings is 2. The Bertz CT molecular complexity index is 1110. The van der Waals surface area contributed by atoms with Gasteiger partial charge in [-0.1, -0.05) is 18.2 Å². The number of H-pyrrole nitrogens is 1. The fourth-order valence-corrected chi connectivity index (χ4v) is 3.19. The van der Waals surface area contributed by atoms with E-state index in [0.717, 1.165) is 23.2 Å². The van der Waals surface area contributed by atoms with Crippen LogP contribution in [-0.2, 0) is 17.8 Å². The molecular weight excluding hydrogens is 366 g/mol. The average Bonchev–Trinajstić information content (AvgIpc) is 3.35. The molecule has 148 valence electrons. The molecule has 0 saturated heterocycles. The molecule has 4 aromatic rings. The van der Waals surface area contributed by atoms with Crippen LogP contribution < -0.4 is 10.2 Å². The van der Waals surface area contributed by atoms with Crippen LogP contribution in [0.15, 0.2) is 54.7 Å². The minimum atomic E-state index is -0.142. The Morgan fingerprint density at radius 1 is 1.14 bits per heavy atom. The fourth-order valence-electron chi connectivity index (χ4n) is 3.19. The van der Waals surface area contributed by atoms with Gasteiger partial charge >= 0.3 is 0 Å². The van der Waals surface area contributed by atoms with E-state index in [2.05, 4.69) is 31.8 Å². The zero-order valence-electron chi connectivity index (χ0n) is 16.5. The molecule has 4 rings (SSSR count). The Morgan fingerprint density at radius 3 is 2.72 bits per heavy atom. The molecule has 29 heavy (non-hydrogen) atoms. The van der Waals surface area contributed by atoms with Crippen molar-refractivity contribution in [2.75, 3.05) is 25.5 Å². The van der Waals surface area contributed by atoms with Gasteiger partial charge in [0.05, 0.1) is 0 Å². The van der Waals surface area contributed by atoms with Crippen LogP contribution >= 0.6 is 0 Å². The molecule has 0 radical (unpaired) electrons. The summed E-state index contributed by atoms with van der Waals surface area (Å²) in [5, 5.41) is 16.5. The number of anilines is 1. The number of tetrazole rings is 1.